The van der Waals surface area contributed by atoms with E-state index in [0.717, 1.165) is 52.9 Å². The van der Waals surface area contributed by atoms with Gasteiger partial charge in [-0.05, 0) is 53.2 Å². The van der Waals surface area contributed by atoms with Crippen LogP contribution in [0.15, 0.2) is 46.3 Å². The maximum atomic E-state index is 4.58. The van der Waals surface area contributed by atoms with Crippen LogP contribution in [0.3, 0.4) is 0 Å². The van der Waals surface area contributed by atoms with Gasteiger partial charge < -0.3 is 4.90 Å². The Morgan fingerprint density at radius 3 is 2.56 bits per heavy atom. The van der Waals surface area contributed by atoms with E-state index in [-0.39, 0.29) is 0 Å². The van der Waals surface area contributed by atoms with Gasteiger partial charge in [0.2, 0.25) is 0 Å². The molecule has 0 amide bonds. The van der Waals surface area contributed by atoms with Crippen LogP contribution in [0.4, 0.5) is 5.82 Å². The molecule has 3 heterocycles. The maximum Gasteiger partial charge on any atom is 0.139 e. The molecule has 1 aliphatic heterocycles. The maximum absolute atomic E-state index is 4.58. The molecule has 5 nitrogen and oxygen atoms in total. The highest BCUT2D eigenvalue weighted by atomic mass is 79.9. The normalized spacial score (nSPS) is 15.7. The molecule has 0 bridgehead atoms. The Balaban J connectivity index is 1.56. The summed E-state index contributed by atoms with van der Waals surface area (Å²) < 4.78 is 0.922. The standard InChI is InChI=1S/C18H18BrN5S/c1-25-14-2-3-16-15(8-14)18(23-11-22-16)24-6-4-12(5-7-24)17-20-9-13(19)10-21-17/h2-3,8-12H,4-7H2,1H3. The summed E-state index contributed by atoms with van der Waals surface area (Å²) >= 11 is 5.14. The second-order valence-electron chi connectivity index (χ2n) is 6.10. The number of aromatic nitrogens is 4. The van der Waals surface area contributed by atoms with Crippen molar-refractivity contribution in [2.24, 2.45) is 0 Å². The van der Waals surface area contributed by atoms with Crippen molar-refractivity contribution in [3.8, 4) is 0 Å². The lowest BCUT2D eigenvalue weighted by atomic mass is 9.95. The average Bonchev–Trinajstić information content (AvgIpc) is 2.68. The van der Waals surface area contributed by atoms with Gasteiger partial charge in [0.25, 0.3) is 0 Å². The summed E-state index contributed by atoms with van der Waals surface area (Å²) in [6.45, 7) is 1.92. The number of thioether (sulfide) groups is 1. The minimum Gasteiger partial charge on any atom is -0.356 e. The summed E-state index contributed by atoms with van der Waals surface area (Å²) in [5.74, 6) is 2.40. The Morgan fingerprint density at radius 1 is 1.08 bits per heavy atom. The van der Waals surface area contributed by atoms with Crippen molar-refractivity contribution in [2.45, 2.75) is 23.7 Å². The van der Waals surface area contributed by atoms with Crippen molar-refractivity contribution in [1.82, 2.24) is 19.9 Å². The van der Waals surface area contributed by atoms with Crippen molar-refractivity contribution in [3.63, 3.8) is 0 Å². The largest absolute Gasteiger partial charge is 0.356 e. The lowest BCUT2D eigenvalue weighted by Crippen LogP contribution is -2.34. The van der Waals surface area contributed by atoms with Gasteiger partial charge in [-0.2, -0.15) is 0 Å². The van der Waals surface area contributed by atoms with Gasteiger partial charge in [0.05, 0.1) is 9.99 Å². The molecule has 7 heteroatoms. The summed E-state index contributed by atoms with van der Waals surface area (Å²) in [5.41, 5.74) is 1.00. The molecule has 1 aliphatic rings. The number of hydrogen-bond acceptors (Lipinski definition) is 6. The molecule has 0 spiro atoms. The second-order valence-corrected chi connectivity index (χ2v) is 7.90. The predicted molar refractivity (Wildman–Crippen MR) is 105 cm³/mol. The molecular weight excluding hydrogens is 398 g/mol. The summed E-state index contributed by atoms with van der Waals surface area (Å²) in [6, 6.07) is 6.38. The molecule has 0 atom stereocenters. The van der Waals surface area contributed by atoms with Gasteiger partial charge in [-0.1, -0.05) is 0 Å². The molecule has 0 unspecified atom stereocenters. The summed E-state index contributed by atoms with van der Waals surface area (Å²) in [7, 11) is 0. The van der Waals surface area contributed by atoms with Gasteiger partial charge in [0, 0.05) is 41.7 Å². The molecule has 4 rings (SSSR count). The van der Waals surface area contributed by atoms with Crippen LogP contribution in [0, 0.1) is 0 Å². The Labute approximate surface area is 159 Å². The number of nitrogens with zero attached hydrogens (tertiary/aromatic N) is 5. The number of benzene rings is 1. The first-order valence-corrected chi connectivity index (χ1v) is 10.3. The highest BCUT2D eigenvalue weighted by Gasteiger charge is 2.24. The van der Waals surface area contributed by atoms with Crippen molar-refractivity contribution in [3.05, 3.63) is 47.2 Å². The number of fused-ring (bicyclic) bond motifs is 1. The minimum absolute atomic E-state index is 0.416. The quantitative estimate of drug-likeness (QED) is 0.594. The van der Waals surface area contributed by atoms with Crippen LogP contribution in [0.5, 0.6) is 0 Å². The third-order valence-electron chi connectivity index (χ3n) is 4.62. The van der Waals surface area contributed by atoms with Gasteiger partial charge in [-0.3, -0.25) is 0 Å². The molecular formula is C18H18BrN5S. The van der Waals surface area contributed by atoms with Crippen LogP contribution in [-0.4, -0.2) is 39.3 Å². The smallest absolute Gasteiger partial charge is 0.139 e. The van der Waals surface area contributed by atoms with Gasteiger partial charge in [-0.15, -0.1) is 11.8 Å². The number of piperidine rings is 1. The van der Waals surface area contributed by atoms with Gasteiger partial charge >= 0.3 is 0 Å². The van der Waals surface area contributed by atoms with Gasteiger partial charge in [0.1, 0.15) is 18.0 Å². The van der Waals surface area contributed by atoms with E-state index in [2.05, 4.69) is 65.2 Å². The Hall–Kier alpha value is -1.73. The fourth-order valence-electron chi connectivity index (χ4n) is 3.28. The van der Waals surface area contributed by atoms with E-state index in [1.54, 1.807) is 18.1 Å². The van der Waals surface area contributed by atoms with Crippen LogP contribution >= 0.6 is 27.7 Å². The number of hydrogen-bond donors (Lipinski definition) is 0. The SMILES string of the molecule is CSc1ccc2ncnc(N3CCC(c4ncc(Br)cn4)CC3)c2c1. The average molecular weight is 416 g/mol. The molecule has 0 saturated carbocycles. The monoisotopic (exact) mass is 415 g/mol. The van der Waals surface area contributed by atoms with E-state index in [0.29, 0.717) is 5.92 Å². The van der Waals surface area contributed by atoms with Crippen LogP contribution in [0.25, 0.3) is 10.9 Å². The third kappa shape index (κ3) is 3.48. The fourth-order valence-corrected chi connectivity index (χ4v) is 3.93. The van der Waals surface area contributed by atoms with Crippen LogP contribution in [0.1, 0.15) is 24.6 Å². The van der Waals surface area contributed by atoms with Crippen LogP contribution in [0.2, 0.25) is 0 Å². The van der Waals surface area contributed by atoms with E-state index >= 15 is 0 Å². The minimum atomic E-state index is 0.416. The molecule has 128 valence electrons. The fraction of sp³-hybridized carbons (Fsp3) is 0.333. The molecule has 25 heavy (non-hydrogen) atoms. The summed E-state index contributed by atoms with van der Waals surface area (Å²) in [5, 5.41) is 1.13. The predicted octanol–water partition coefficient (Wildman–Crippen LogP) is 4.29. The molecule has 1 fully saturated rings. The zero-order chi connectivity index (χ0) is 17.2. The molecule has 2 aromatic heterocycles. The molecule has 3 aromatic rings. The summed E-state index contributed by atoms with van der Waals surface area (Å²) in [4.78, 5) is 21.5. The first kappa shape index (κ1) is 16.7. The van der Waals surface area contributed by atoms with Crippen LogP contribution in [-0.2, 0) is 0 Å². The second kappa shape index (κ2) is 7.25. The lowest BCUT2D eigenvalue weighted by Gasteiger charge is -2.32. The highest BCUT2D eigenvalue weighted by Crippen LogP contribution is 2.32. The van der Waals surface area contributed by atoms with Gasteiger partial charge in [-0.25, -0.2) is 19.9 Å². The Morgan fingerprint density at radius 2 is 1.84 bits per heavy atom. The summed E-state index contributed by atoms with van der Waals surface area (Å²) in [6.07, 6.45) is 9.49. The van der Waals surface area contributed by atoms with E-state index in [9.17, 15) is 0 Å². The molecule has 1 saturated heterocycles. The highest BCUT2D eigenvalue weighted by molar-refractivity contribution is 9.10. The van der Waals surface area contributed by atoms with E-state index in [1.807, 2.05) is 12.4 Å². The molecule has 1 aromatic carbocycles. The molecule has 0 aliphatic carbocycles. The number of rotatable bonds is 3. The van der Waals surface area contributed by atoms with Crippen molar-refractivity contribution in [1.29, 1.82) is 0 Å². The first-order valence-electron chi connectivity index (χ1n) is 8.26. The number of halogens is 1. The van der Waals surface area contributed by atoms with E-state index in [1.165, 1.54) is 4.90 Å². The topological polar surface area (TPSA) is 54.8 Å². The molecule has 0 N–H and O–H groups in total. The number of anilines is 1. The lowest BCUT2D eigenvalue weighted by molar-refractivity contribution is 0.483. The molecule has 0 radical (unpaired) electrons. The van der Waals surface area contributed by atoms with Gasteiger partial charge in [0.15, 0.2) is 0 Å². The van der Waals surface area contributed by atoms with Crippen molar-refractivity contribution < 1.29 is 0 Å². The Bertz CT molecular complexity index is 878. The van der Waals surface area contributed by atoms with Crippen molar-refractivity contribution in [2.75, 3.05) is 24.2 Å². The van der Waals surface area contributed by atoms with E-state index < -0.39 is 0 Å². The third-order valence-corrected chi connectivity index (χ3v) is 5.76. The Kier molecular flexibility index (Phi) is 4.85. The zero-order valence-corrected chi connectivity index (χ0v) is 16.3. The van der Waals surface area contributed by atoms with Crippen LogP contribution < -0.4 is 4.90 Å². The van der Waals surface area contributed by atoms with Crippen molar-refractivity contribution >= 4 is 44.4 Å². The zero-order valence-electron chi connectivity index (χ0n) is 13.9. The van der Waals surface area contributed by atoms with E-state index in [4.69, 9.17) is 0 Å². The first-order chi connectivity index (χ1) is 12.2.